The molecule has 1 aliphatic heterocycles. The normalized spacial score (nSPS) is 24.1. The van der Waals surface area contributed by atoms with Gasteiger partial charge in [0.05, 0.1) is 18.5 Å². The van der Waals surface area contributed by atoms with Gasteiger partial charge in [-0.3, -0.25) is 18.9 Å². The predicted molar refractivity (Wildman–Crippen MR) is 132 cm³/mol. The van der Waals surface area contributed by atoms with E-state index in [9.17, 15) is 38.2 Å². The molecular formula is C17H21N6O15P3. The number of aliphatic hydroxyl groups excluding tert-OH is 1. The van der Waals surface area contributed by atoms with Gasteiger partial charge in [0.15, 0.2) is 23.5 Å². The molecule has 0 radical (unpaired) electrons. The van der Waals surface area contributed by atoms with Crippen LogP contribution in [0.25, 0.3) is 11.2 Å². The molecule has 1 aromatic carbocycles. The standard InChI is InChI=1S/C17H21N6O15P3/c18-8-4-2-1-3-7(8)16(26)36-12-11(24)9(5-34-40(30,31)38-41(32,33)37-39(27,28)29)35-15(12)23-6-20-10-13(23)21-17(19)22-14(10)25/h1-4,6,9,11-12,15,24H,5,18H2,(H,30,31)(H,32,33)(H2,27,28,29)(H3,19,21,22,25)/t9-,11-,12-,15-/m1/s1. The highest BCUT2D eigenvalue weighted by Crippen LogP contribution is 2.66. The lowest BCUT2D eigenvalue weighted by molar-refractivity contribution is -0.0557. The molecule has 2 aromatic heterocycles. The first kappa shape index (κ1) is 30.9. The van der Waals surface area contributed by atoms with Crippen molar-refractivity contribution in [2.45, 2.75) is 24.5 Å². The van der Waals surface area contributed by atoms with Crippen LogP contribution in [0.2, 0.25) is 0 Å². The third-order valence-corrected chi connectivity index (χ3v) is 9.08. The summed E-state index contributed by atoms with van der Waals surface area (Å²) in [5.74, 6) is -1.35. The van der Waals surface area contributed by atoms with E-state index in [-0.39, 0.29) is 28.4 Å². The van der Waals surface area contributed by atoms with Gasteiger partial charge in [-0.1, -0.05) is 12.1 Å². The van der Waals surface area contributed by atoms with Gasteiger partial charge in [-0.25, -0.2) is 23.5 Å². The zero-order valence-electron chi connectivity index (χ0n) is 20.1. The van der Waals surface area contributed by atoms with Crippen molar-refractivity contribution < 1.29 is 65.8 Å². The first-order valence-electron chi connectivity index (χ1n) is 10.9. The molecule has 3 heterocycles. The Morgan fingerprint density at radius 2 is 1.78 bits per heavy atom. The molecule has 4 rings (SSSR count). The smallest absolute Gasteiger partial charge is 0.451 e. The lowest BCUT2D eigenvalue weighted by Gasteiger charge is -2.22. The fraction of sp³-hybridized carbons (Fsp3) is 0.294. The summed E-state index contributed by atoms with van der Waals surface area (Å²) in [6.45, 7) is -1.09. The van der Waals surface area contributed by atoms with Crippen LogP contribution in [0.1, 0.15) is 16.6 Å². The van der Waals surface area contributed by atoms with Gasteiger partial charge in [-0.2, -0.15) is 13.6 Å². The fourth-order valence-electron chi connectivity index (χ4n) is 3.68. The summed E-state index contributed by atoms with van der Waals surface area (Å²) < 4.78 is 58.5. The summed E-state index contributed by atoms with van der Waals surface area (Å²) in [5.41, 5.74) is 10.2. The first-order valence-corrected chi connectivity index (χ1v) is 15.4. The van der Waals surface area contributed by atoms with Crippen LogP contribution in [0, 0.1) is 0 Å². The second kappa shape index (κ2) is 11.3. The Labute approximate surface area is 227 Å². The number of aromatic amines is 1. The number of carbonyl (C=O) groups is 1. The number of hydrogen-bond acceptors (Lipinski definition) is 15. The third kappa shape index (κ3) is 7.25. The van der Waals surface area contributed by atoms with Crippen molar-refractivity contribution in [2.24, 2.45) is 0 Å². The number of aromatic nitrogens is 4. The van der Waals surface area contributed by atoms with Crippen LogP contribution < -0.4 is 17.0 Å². The maximum Gasteiger partial charge on any atom is 0.490 e. The van der Waals surface area contributed by atoms with Gasteiger partial charge in [-0.15, -0.1) is 0 Å². The summed E-state index contributed by atoms with van der Waals surface area (Å²) in [6.07, 6.45) is -5.61. The molecule has 0 amide bonds. The Bertz CT molecular complexity index is 1670. The lowest BCUT2D eigenvalue weighted by atomic mass is 10.1. The minimum atomic E-state index is -5.82. The van der Waals surface area contributed by atoms with Crippen LogP contribution in [0.3, 0.4) is 0 Å². The summed E-state index contributed by atoms with van der Waals surface area (Å²) >= 11 is 0. The van der Waals surface area contributed by atoms with Crippen LogP contribution in [0.4, 0.5) is 11.6 Å². The van der Waals surface area contributed by atoms with Gasteiger partial charge >= 0.3 is 29.4 Å². The molecule has 0 bridgehead atoms. The van der Waals surface area contributed by atoms with E-state index in [4.69, 9.17) is 30.7 Å². The van der Waals surface area contributed by atoms with Gasteiger partial charge in [-0.05, 0) is 12.1 Å². The number of esters is 1. The number of anilines is 2. The molecule has 1 aliphatic rings. The number of carbonyl (C=O) groups excluding carboxylic acids is 1. The first-order chi connectivity index (χ1) is 19.0. The van der Waals surface area contributed by atoms with E-state index in [1.54, 1.807) is 6.07 Å². The quantitative estimate of drug-likeness (QED) is 0.0755. The fourth-order valence-corrected chi connectivity index (χ4v) is 6.71. The number of rotatable bonds is 10. The number of nitrogen functional groups attached to an aromatic ring is 2. The number of nitrogens with zero attached hydrogens (tertiary/aromatic N) is 3. The van der Waals surface area contributed by atoms with Gasteiger partial charge < -0.3 is 45.6 Å². The zero-order chi connectivity index (χ0) is 30.3. The van der Waals surface area contributed by atoms with Crippen molar-refractivity contribution in [3.05, 3.63) is 46.5 Å². The summed E-state index contributed by atoms with van der Waals surface area (Å²) in [6, 6.07) is 5.77. The van der Waals surface area contributed by atoms with Gasteiger partial charge in [0.2, 0.25) is 5.95 Å². The lowest BCUT2D eigenvalue weighted by Crippen LogP contribution is -2.37. The molecule has 1 fully saturated rings. The second-order valence-electron chi connectivity index (χ2n) is 8.17. The Balaban J connectivity index is 1.61. The largest absolute Gasteiger partial charge is 0.490 e. The van der Waals surface area contributed by atoms with E-state index in [0.717, 1.165) is 10.9 Å². The SMILES string of the molecule is Nc1nc2c(ncn2[C@@H]2O[C@H](COP(=O)(O)OP(=O)(O)OP(=O)(O)O)[C@@H](O)[C@H]2OC(=O)c2ccccc2N)c(=O)[nH]1. The van der Waals surface area contributed by atoms with E-state index < -0.39 is 66.1 Å². The molecule has 2 unspecified atom stereocenters. The summed E-state index contributed by atoms with van der Waals surface area (Å²) in [4.78, 5) is 71.6. The van der Waals surface area contributed by atoms with E-state index in [1.165, 1.54) is 18.2 Å². The Hall–Kier alpha value is -3.03. The van der Waals surface area contributed by atoms with E-state index in [1.807, 2.05) is 0 Å². The number of phosphoric acid groups is 3. The second-order valence-corrected chi connectivity index (χ2v) is 12.6. The van der Waals surface area contributed by atoms with Gasteiger partial charge in [0.1, 0.15) is 12.2 Å². The van der Waals surface area contributed by atoms with Crippen molar-refractivity contribution in [1.82, 2.24) is 19.5 Å². The van der Waals surface area contributed by atoms with Crippen molar-refractivity contribution in [3.63, 3.8) is 0 Å². The average Bonchev–Trinajstić information content (AvgIpc) is 3.37. The van der Waals surface area contributed by atoms with Crippen LogP contribution in [0.5, 0.6) is 0 Å². The number of para-hydroxylation sites is 1. The number of fused-ring (bicyclic) bond motifs is 1. The molecule has 21 nitrogen and oxygen atoms in total. The Morgan fingerprint density at radius 3 is 2.44 bits per heavy atom. The molecule has 1 saturated heterocycles. The van der Waals surface area contributed by atoms with Gasteiger partial charge in [0.25, 0.3) is 5.56 Å². The zero-order valence-corrected chi connectivity index (χ0v) is 22.7. The highest BCUT2D eigenvalue weighted by molar-refractivity contribution is 7.66. The number of nitrogens with one attached hydrogen (secondary N) is 1. The molecule has 0 saturated carbocycles. The highest BCUT2D eigenvalue weighted by atomic mass is 31.3. The number of hydrogen-bond donors (Lipinski definition) is 8. The maximum absolute atomic E-state index is 12.9. The molecule has 3 aromatic rings. The number of ether oxygens (including phenoxy) is 2. The molecule has 24 heteroatoms. The molecule has 0 spiro atoms. The van der Waals surface area contributed by atoms with Crippen molar-refractivity contribution in [2.75, 3.05) is 18.1 Å². The summed E-state index contributed by atoms with van der Waals surface area (Å²) in [7, 11) is -17.1. The number of benzene rings is 1. The molecule has 10 N–H and O–H groups in total. The van der Waals surface area contributed by atoms with Crippen molar-refractivity contribution in [3.8, 4) is 0 Å². The molecule has 224 valence electrons. The number of H-pyrrole nitrogens is 1. The van der Waals surface area contributed by atoms with Crippen molar-refractivity contribution >= 4 is 52.2 Å². The minimum Gasteiger partial charge on any atom is -0.451 e. The number of imidazole rings is 1. The molecular weight excluding hydrogens is 621 g/mol. The topological polar surface area (TPSA) is 331 Å². The van der Waals surface area contributed by atoms with E-state index >= 15 is 0 Å². The number of nitrogens with two attached hydrogens (primary N) is 2. The van der Waals surface area contributed by atoms with Crippen LogP contribution in [-0.4, -0.2) is 75.1 Å². The number of phosphoric ester groups is 1. The highest BCUT2D eigenvalue weighted by Gasteiger charge is 2.50. The maximum atomic E-state index is 12.9. The molecule has 41 heavy (non-hydrogen) atoms. The monoisotopic (exact) mass is 642 g/mol. The number of aliphatic hydroxyl groups is 1. The average molecular weight is 642 g/mol. The van der Waals surface area contributed by atoms with Crippen LogP contribution in [-0.2, 0) is 36.3 Å². The Morgan fingerprint density at radius 1 is 1.10 bits per heavy atom. The third-order valence-electron chi connectivity index (χ3n) is 5.28. The Kier molecular flexibility index (Phi) is 8.55. The van der Waals surface area contributed by atoms with Crippen LogP contribution >= 0.6 is 23.5 Å². The molecule has 6 atom stereocenters. The summed E-state index contributed by atoms with van der Waals surface area (Å²) in [5, 5.41) is 10.9. The van der Waals surface area contributed by atoms with Crippen LogP contribution in [0.15, 0.2) is 35.4 Å². The molecule has 0 aliphatic carbocycles. The van der Waals surface area contributed by atoms with Gasteiger partial charge in [0, 0.05) is 5.69 Å². The van der Waals surface area contributed by atoms with Crippen molar-refractivity contribution in [1.29, 1.82) is 0 Å². The predicted octanol–water partition coefficient (Wildman–Crippen LogP) is -0.889. The van der Waals surface area contributed by atoms with E-state index in [0.29, 0.717) is 0 Å². The van der Waals surface area contributed by atoms with E-state index in [2.05, 4.69) is 28.1 Å². The minimum absolute atomic E-state index is 0.0284.